The van der Waals surface area contributed by atoms with E-state index in [4.69, 9.17) is 18.9 Å². The molecule has 0 saturated carbocycles. The van der Waals surface area contributed by atoms with Gasteiger partial charge in [0.1, 0.15) is 22.8 Å². The van der Waals surface area contributed by atoms with Gasteiger partial charge >= 0.3 is 5.97 Å². The quantitative estimate of drug-likeness (QED) is 0.216. The van der Waals surface area contributed by atoms with Gasteiger partial charge in [-0.2, -0.15) is 0 Å². The first kappa shape index (κ1) is 35.7. The first-order chi connectivity index (χ1) is 22.0. The van der Waals surface area contributed by atoms with Gasteiger partial charge in [0, 0.05) is 50.8 Å². The molecule has 46 heavy (non-hydrogen) atoms. The molecule has 0 radical (unpaired) electrons. The Morgan fingerprint density at radius 2 is 1.63 bits per heavy atom. The van der Waals surface area contributed by atoms with Crippen LogP contribution in [0.2, 0.25) is 0 Å². The number of Topliss-reactive ketones (excluding diaryl/α,β-unsaturated/α-hetero) is 1. The number of hydrogen-bond donors (Lipinski definition) is 4. The van der Waals surface area contributed by atoms with E-state index in [9.17, 15) is 29.4 Å². The van der Waals surface area contributed by atoms with Crippen LogP contribution < -0.4 is 24.8 Å². The molecule has 0 aromatic heterocycles. The van der Waals surface area contributed by atoms with Crippen LogP contribution in [0.1, 0.15) is 91.8 Å². The smallest absolute Gasteiger partial charge is 0.342 e. The fourth-order valence-electron chi connectivity index (χ4n) is 5.41. The summed E-state index contributed by atoms with van der Waals surface area (Å²) in [5.74, 6) is -2.39. The number of amides is 2. The van der Waals surface area contributed by atoms with Crippen molar-refractivity contribution >= 4 is 29.6 Å². The van der Waals surface area contributed by atoms with E-state index >= 15 is 0 Å². The minimum Gasteiger partial charge on any atom is -0.507 e. The van der Waals surface area contributed by atoms with Crippen LogP contribution in [0.5, 0.6) is 28.7 Å². The minimum atomic E-state index is -1.01. The van der Waals surface area contributed by atoms with Crippen LogP contribution >= 0.6 is 0 Å². The Hall–Kier alpha value is -4.74. The van der Waals surface area contributed by atoms with Crippen molar-refractivity contribution in [3.63, 3.8) is 0 Å². The minimum absolute atomic E-state index is 0.0743. The Morgan fingerprint density at radius 3 is 2.26 bits per heavy atom. The van der Waals surface area contributed by atoms with Crippen molar-refractivity contribution in [1.29, 1.82) is 0 Å². The third-order valence-corrected chi connectivity index (χ3v) is 7.70. The lowest BCUT2D eigenvalue weighted by atomic mass is 9.84. The van der Waals surface area contributed by atoms with Crippen LogP contribution in [-0.4, -0.2) is 74.3 Å². The molecule has 0 saturated heterocycles. The summed E-state index contributed by atoms with van der Waals surface area (Å²) in [6.07, 6.45) is 5.58. The third kappa shape index (κ3) is 9.38. The first-order valence-corrected chi connectivity index (χ1v) is 15.3. The second kappa shape index (κ2) is 17.1. The number of cyclic esters (lactones) is 1. The predicted molar refractivity (Wildman–Crippen MR) is 171 cm³/mol. The number of methoxy groups -OCH3 is 3. The molecule has 1 aliphatic rings. The zero-order valence-electron chi connectivity index (χ0n) is 27.1. The Labute approximate surface area is 269 Å². The fourth-order valence-corrected chi connectivity index (χ4v) is 5.41. The van der Waals surface area contributed by atoms with Gasteiger partial charge in [-0.05, 0) is 61.9 Å². The zero-order valence-corrected chi connectivity index (χ0v) is 27.1. The summed E-state index contributed by atoms with van der Waals surface area (Å²) in [6, 6.07) is 4.55. The van der Waals surface area contributed by atoms with E-state index in [1.54, 1.807) is 31.2 Å². The number of esters is 1. The lowest BCUT2D eigenvalue weighted by molar-refractivity contribution is -0.122. The van der Waals surface area contributed by atoms with E-state index in [1.807, 2.05) is 0 Å². The van der Waals surface area contributed by atoms with Gasteiger partial charge in [-0.15, -0.1) is 0 Å². The molecule has 2 aromatic rings. The number of hydrogen-bond acceptors (Lipinski definition) is 10. The molecule has 2 atom stereocenters. The van der Waals surface area contributed by atoms with E-state index in [1.165, 1.54) is 34.3 Å². The van der Waals surface area contributed by atoms with Crippen molar-refractivity contribution in [3.8, 4) is 28.7 Å². The predicted octanol–water partition coefficient (Wildman–Crippen LogP) is 4.38. The van der Waals surface area contributed by atoms with E-state index in [-0.39, 0.29) is 65.1 Å². The topological polar surface area (TPSA) is 170 Å². The summed E-state index contributed by atoms with van der Waals surface area (Å²) in [5.41, 5.74) is 0.407. The van der Waals surface area contributed by atoms with Gasteiger partial charge in [0.2, 0.25) is 17.6 Å². The number of nitrogens with one attached hydrogen (secondary N) is 2. The maximum atomic E-state index is 13.6. The first-order valence-electron chi connectivity index (χ1n) is 15.3. The van der Waals surface area contributed by atoms with Gasteiger partial charge in [0.15, 0.2) is 11.5 Å². The second-order valence-corrected chi connectivity index (χ2v) is 11.1. The van der Waals surface area contributed by atoms with Crippen LogP contribution in [0.25, 0.3) is 6.08 Å². The van der Waals surface area contributed by atoms with Crippen molar-refractivity contribution in [2.75, 3.05) is 34.4 Å². The van der Waals surface area contributed by atoms with E-state index < -0.39 is 29.6 Å². The highest BCUT2D eigenvalue weighted by atomic mass is 16.5. The standard InChI is InChI=1S/C34H44N2O10/c1-20-10-9-13-24(38)12-8-6-7-11-22-16-26(39)31(32(41)30(22)34(42)46-20)25(19-29(40)36-15-14-35-21(2)37)23-17-27(43-3)33(45-5)28(18-23)44-4/h7,11,16-18,20,25,39,41H,6,8-10,12-15,19H2,1-5H3,(H,35,37)(H,36,40). The van der Waals surface area contributed by atoms with Crippen molar-refractivity contribution < 1.29 is 48.3 Å². The van der Waals surface area contributed by atoms with Gasteiger partial charge < -0.3 is 39.8 Å². The van der Waals surface area contributed by atoms with Crippen LogP contribution in [0.4, 0.5) is 0 Å². The number of allylic oxidation sites excluding steroid dienone is 1. The number of benzene rings is 2. The van der Waals surface area contributed by atoms with Gasteiger partial charge in [0.05, 0.1) is 27.4 Å². The van der Waals surface area contributed by atoms with Crippen molar-refractivity contribution in [3.05, 3.63) is 46.5 Å². The molecule has 2 aromatic carbocycles. The molecule has 2 amide bonds. The zero-order chi connectivity index (χ0) is 33.8. The molecule has 1 heterocycles. The number of ketones is 1. The summed E-state index contributed by atoms with van der Waals surface area (Å²) in [7, 11) is 4.32. The molecule has 12 nitrogen and oxygen atoms in total. The summed E-state index contributed by atoms with van der Waals surface area (Å²) in [4.78, 5) is 50.2. The normalized spacial score (nSPS) is 16.3. The van der Waals surface area contributed by atoms with Crippen LogP contribution in [0.3, 0.4) is 0 Å². The maximum absolute atomic E-state index is 13.6. The molecule has 0 spiro atoms. The van der Waals surface area contributed by atoms with Crippen molar-refractivity contribution in [1.82, 2.24) is 10.6 Å². The average molecular weight is 641 g/mol. The molecule has 250 valence electrons. The van der Waals surface area contributed by atoms with Crippen LogP contribution in [-0.2, 0) is 19.1 Å². The second-order valence-electron chi connectivity index (χ2n) is 11.1. The Balaban J connectivity index is 2.18. The summed E-state index contributed by atoms with van der Waals surface area (Å²) >= 11 is 0. The Bertz CT molecular complexity index is 1430. The summed E-state index contributed by atoms with van der Waals surface area (Å²) < 4.78 is 22.2. The van der Waals surface area contributed by atoms with Crippen molar-refractivity contribution in [2.45, 2.75) is 70.8 Å². The summed E-state index contributed by atoms with van der Waals surface area (Å²) in [6.45, 7) is 3.43. The van der Waals surface area contributed by atoms with Gasteiger partial charge in [0.25, 0.3) is 0 Å². The SMILES string of the molecule is COc1cc(C(CC(=O)NCCNC(C)=O)c2c(O)cc3c(c2O)C(=O)OC(C)CCCC(=O)CCCC=C3)cc(OC)c1OC. The Kier molecular flexibility index (Phi) is 13.3. The molecular formula is C34H44N2O10. The molecule has 0 fully saturated rings. The average Bonchev–Trinajstić information content (AvgIpc) is 3.00. The molecular weight excluding hydrogens is 596 g/mol. The van der Waals surface area contributed by atoms with Crippen molar-refractivity contribution in [2.24, 2.45) is 0 Å². The number of phenolic OH excluding ortho intramolecular Hbond substituents is 2. The van der Waals surface area contributed by atoms with E-state index in [0.717, 1.165) is 0 Å². The van der Waals surface area contributed by atoms with E-state index in [0.29, 0.717) is 49.8 Å². The number of rotatable bonds is 10. The van der Waals surface area contributed by atoms with Gasteiger partial charge in [-0.3, -0.25) is 14.4 Å². The monoisotopic (exact) mass is 640 g/mol. The highest BCUT2D eigenvalue weighted by molar-refractivity contribution is 5.98. The number of carbonyl (C=O) groups excluding carboxylic acids is 4. The molecule has 3 rings (SSSR count). The summed E-state index contributed by atoms with van der Waals surface area (Å²) in [5, 5.41) is 28.5. The molecule has 4 N–H and O–H groups in total. The number of aromatic hydroxyl groups is 2. The number of fused-ring (bicyclic) bond motifs is 1. The molecule has 1 aliphatic heterocycles. The van der Waals surface area contributed by atoms with E-state index in [2.05, 4.69) is 10.6 Å². The highest BCUT2D eigenvalue weighted by Crippen LogP contribution is 2.47. The number of carbonyl (C=O) groups is 4. The van der Waals surface area contributed by atoms with Gasteiger partial charge in [-0.1, -0.05) is 12.2 Å². The molecule has 0 bridgehead atoms. The number of phenols is 2. The molecule has 2 unspecified atom stereocenters. The van der Waals surface area contributed by atoms with Crippen LogP contribution in [0.15, 0.2) is 24.3 Å². The maximum Gasteiger partial charge on any atom is 0.342 e. The van der Waals surface area contributed by atoms with Gasteiger partial charge in [-0.25, -0.2) is 4.79 Å². The third-order valence-electron chi connectivity index (χ3n) is 7.70. The largest absolute Gasteiger partial charge is 0.507 e. The lowest BCUT2D eigenvalue weighted by Gasteiger charge is -2.24. The highest BCUT2D eigenvalue weighted by Gasteiger charge is 2.32. The number of ether oxygens (including phenoxy) is 4. The Morgan fingerprint density at radius 1 is 0.978 bits per heavy atom. The lowest BCUT2D eigenvalue weighted by Crippen LogP contribution is -2.34. The fraction of sp³-hybridized carbons (Fsp3) is 0.471. The molecule has 0 aliphatic carbocycles. The molecule has 12 heteroatoms. The van der Waals surface area contributed by atoms with Crippen LogP contribution in [0, 0.1) is 0 Å².